The van der Waals surface area contributed by atoms with Crippen molar-refractivity contribution in [2.75, 3.05) is 7.11 Å². The van der Waals surface area contributed by atoms with E-state index in [9.17, 15) is 24.0 Å². The molecule has 1 saturated carbocycles. The largest absolute Gasteiger partial charge is 0.456 e. The molecule has 1 rings (SSSR count). The van der Waals surface area contributed by atoms with Gasteiger partial charge < -0.3 is 29.0 Å². The van der Waals surface area contributed by atoms with Gasteiger partial charge in [-0.15, -0.1) is 0 Å². The number of esters is 4. The number of hydrogen-bond donors (Lipinski definition) is 1. The van der Waals surface area contributed by atoms with E-state index in [-0.39, 0.29) is 0 Å². The van der Waals surface area contributed by atoms with Crippen molar-refractivity contribution < 1.29 is 47.7 Å². The zero-order valence-electron chi connectivity index (χ0n) is 16.5. The van der Waals surface area contributed by atoms with Gasteiger partial charge in [-0.2, -0.15) is 0 Å². The Morgan fingerprint density at radius 3 is 1.21 bits per heavy atom. The molecule has 28 heavy (non-hydrogen) atoms. The lowest BCUT2D eigenvalue weighted by molar-refractivity contribution is -0.235. The van der Waals surface area contributed by atoms with E-state index in [1.54, 1.807) is 0 Å². The number of rotatable bonds is 6. The molecule has 1 aliphatic rings. The summed E-state index contributed by atoms with van der Waals surface area (Å²) in [5.41, 5.74) is 0. The van der Waals surface area contributed by atoms with Crippen LogP contribution in [-0.4, -0.2) is 73.5 Å². The van der Waals surface area contributed by atoms with Crippen molar-refractivity contribution in [1.82, 2.24) is 5.32 Å². The van der Waals surface area contributed by atoms with Crippen LogP contribution in [0.3, 0.4) is 0 Å². The fourth-order valence-corrected chi connectivity index (χ4v) is 3.15. The molecule has 1 aliphatic carbocycles. The molecule has 0 aromatic rings. The number of nitrogens with one attached hydrogen (secondary N) is 1. The molecule has 0 unspecified atom stereocenters. The van der Waals surface area contributed by atoms with Crippen LogP contribution in [0.15, 0.2) is 0 Å². The molecule has 1 amide bonds. The fourth-order valence-electron chi connectivity index (χ4n) is 3.15. The lowest BCUT2D eigenvalue weighted by atomic mass is 9.82. The molecule has 0 aromatic heterocycles. The number of hydrogen-bond acceptors (Lipinski definition) is 10. The van der Waals surface area contributed by atoms with Crippen molar-refractivity contribution in [1.29, 1.82) is 0 Å². The third-order valence-corrected chi connectivity index (χ3v) is 3.85. The van der Waals surface area contributed by atoms with Crippen molar-refractivity contribution in [3.05, 3.63) is 0 Å². The highest BCUT2D eigenvalue weighted by Crippen LogP contribution is 2.32. The molecule has 1 N–H and O–H groups in total. The van der Waals surface area contributed by atoms with Gasteiger partial charge in [0.2, 0.25) is 5.91 Å². The number of carbonyl (C=O) groups is 5. The predicted octanol–water partition coefficient (Wildman–Crippen LogP) is -0.753. The van der Waals surface area contributed by atoms with Gasteiger partial charge in [-0.25, -0.2) is 0 Å². The second-order valence-corrected chi connectivity index (χ2v) is 6.22. The minimum absolute atomic E-state index is 0.502. The Morgan fingerprint density at radius 1 is 0.571 bits per heavy atom. The molecule has 11 nitrogen and oxygen atoms in total. The first-order chi connectivity index (χ1) is 13.0. The molecule has 1 fully saturated rings. The normalized spacial score (nSPS) is 29.2. The Labute approximate surface area is 161 Å². The van der Waals surface area contributed by atoms with Crippen molar-refractivity contribution in [2.45, 2.75) is 71.2 Å². The molecular formula is C17H25NO10. The molecule has 0 aliphatic heterocycles. The van der Waals surface area contributed by atoms with Gasteiger partial charge in [0.05, 0.1) is 6.04 Å². The predicted molar refractivity (Wildman–Crippen MR) is 90.6 cm³/mol. The van der Waals surface area contributed by atoms with E-state index in [2.05, 4.69) is 5.32 Å². The first kappa shape index (κ1) is 23.3. The van der Waals surface area contributed by atoms with Gasteiger partial charge in [0.25, 0.3) is 0 Å². The standard InChI is InChI=1S/C17H25NO10/c1-7(19)18-12-13(24-6)15(26-9(3)21)17(28-11(5)23)16(27-10(4)22)14(12)25-8(2)20/h12-17H,1-6H3,(H,18,19)/t12-,13-,14+,15-,16-,17+/m0/s1. The van der Waals surface area contributed by atoms with E-state index in [4.69, 9.17) is 23.7 Å². The van der Waals surface area contributed by atoms with Crippen LogP contribution < -0.4 is 5.32 Å². The smallest absolute Gasteiger partial charge is 0.303 e. The van der Waals surface area contributed by atoms with Gasteiger partial charge >= 0.3 is 23.9 Å². The van der Waals surface area contributed by atoms with Gasteiger partial charge in [0.15, 0.2) is 24.4 Å². The van der Waals surface area contributed by atoms with Gasteiger partial charge in [-0.05, 0) is 0 Å². The van der Waals surface area contributed by atoms with Crippen molar-refractivity contribution in [3.63, 3.8) is 0 Å². The van der Waals surface area contributed by atoms with Gasteiger partial charge in [0, 0.05) is 41.7 Å². The molecule has 0 saturated heterocycles. The molecule has 11 heteroatoms. The lowest BCUT2D eigenvalue weighted by Crippen LogP contribution is -2.71. The minimum atomic E-state index is -1.36. The van der Waals surface area contributed by atoms with Crippen molar-refractivity contribution >= 4 is 29.8 Å². The quantitative estimate of drug-likeness (QED) is 0.444. The Kier molecular flexibility index (Phi) is 8.35. The molecule has 0 aromatic carbocycles. The molecule has 158 valence electrons. The molecule has 0 bridgehead atoms. The maximum absolute atomic E-state index is 11.7. The lowest BCUT2D eigenvalue weighted by Gasteiger charge is -2.47. The first-order valence-electron chi connectivity index (χ1n) is 8.46. The highest BCUT2D eigenvalue weighted by molar-refractivity contribution is 5.74. The number of methoxy groups -OCH3 is 1. The molecule has 0 spiro atoms. The van der Waals surface area contributed by atoms with Crippen molar-refractivity contribution in [2.24, 2.45) is 0 Å². The van der Waals surface area contributed by atoms with Crippen LogP contribution in [0.2, 0.25) is 0 Å². The SMILES string of the molecule is CO[C@H]1[C@H](NC(C)=O)[C@@H](OC(C)=O)[C@H](OC(C)=O)[C@H](OC(C)=O)[C@H]1OC(C)=O. The Morgan fingerprint density at radius 2 is 0.893 bits per heavy atom. The number of amides is 1. The summed E-state index contributed by atoms with van der Waals surface area (Å²) < 4.78 is 26.4. The van der Waals surface area contributed by atoms with Crippen LogP contribution in [0.5, 0.6) is 0 Å². The molecule has 0 heterocycles. The van der Waals surface area contributed by atoms with Gasteiger partial charge in [0.1, 0.15) is 6.10 Å². The highest BCUT2D eigenvalue weighted by atomic mass is 16.6. The topological polar surface area (TPSA) is 144 Å². The average molecular weight is 403 g/mol. The van der Waals surface area contributed by atoms with Crippen LogP contribution in [-0.2, 0) is 47.7 Å². The number of carbonyl (C=O) groups excluding carboxylic acids is 5. The summed E-state index contributed by atoms with van der Waals surface area (Å²) in [4.78, 5) is 58.3. The fraction of sp³-hybridized carbons (Fsp3) is 0.706. The third kappa shape index (κ3) is 6.19. The first-order valence-corrected chi connectivity index (χ1v) is 8.46. The Hall–Kier alpha value is -2.69. The molecule has 0 radical (unpaired) electrons. The van der Waals surface area contributed by atoms with Crippen LogP contribution in [0, 0.1) is 0 Å². The number of ether oxygens (including phenoxy) is 5. The van der Waals surface area contributed by atoms with Crippen LogP contribution >= 0.6 is 0 Å². The summed E-state index contributed by atoms with van der Waals surface area (Å²) in [6.07, 6.45) is -6.30. The Balaban J connectivity index is 3.54. The second kappa shape index (κ2) is 10.0. The maximum atomic E-state index is 11.7. The van der Waals surface area contributed by atoms with E-state index in [0.29, 0.717) is 0 Å². The monoisotopic (exact) mass is 403 g/mol. The van der Waals surface area contributed by atoms with Crippen LogP contribution in [0.4, 0.5) is 0 Å². The summed E-state index contributed by atoms with van der Waals surface area (Å²) in [5, 5.41) is 2.55. The summed E-state index contributed by atoms with van der Waals surface area (Å²) >= 11 is 0. The van der Waals surface area contributed by atoms with E-state index in [1.165, 1.54) is 14.0 Å². The third-order valence-electron chi connectivity index (χ3n) is 3.85. The summed E-state index contributed by atoms with van der Waals surface area (Å²) in [5.74, 6) is -3.48. The van der Waals surface area contributed by atoms with Crippen molar-refractivity contribution in [3.8, 4) is 0 Å². The molecular weight excluding hydrogens is 378 g/mol. The van der Waals surface area contributed by atoms with Gasteiger partial charge in [-0.3, -0.25) is 24.0 Å². The van der Waals surface area contributed by atoms with E-state index in [0.717, 1.165) is 27.7 Å². The summed E-state index contributed by atoms with van der Waals surface area (Å²) in [7, 11) is 1.28. The average Bonchev–Trinajstić information content (AvgIpc) is 2.52. The second-order valence-electron chi connectivity index (χ2n) is 6.22. The zero-order valence-corrected chi connectivity index (χ0v) is 16.5. The maximum Gasteiger partial charge on any atom is 0.303 e. The molecule has 6 atom stereocenters. The van der Waals surface area contributed by atoms with Crippen LogP contribution in [0.1, 0.15) is 34.6 Å². The van der Waals surface area contributed by atoms with E-state index < -0.39 is 66.3 Å². The zero-order chi connectivity index (χ0) is 21.6. The van der Waals surface area contributed by atoms with Gasteiger partial charge in [-0.1, -0.05) is 0 Å². The highest BCUT2D eigenvalue weighted by Gasteiger charge is 2.58. The van der Waals surface area contributed by atoms with E-state index >= 15 is 0 Å². The van der Waals surface area contributed by atoms with Crippen LogP contribution in [0.25, 0.3) is 0 Å². The summed E-state index contributed by atoms with van der Waals surface area (Å²) in [6.45, 7) is 5.68. The Bertz CT molecular complexity index is 589. The van der Waals surface area contributed by atoms with E-state index in [1.807, 2.05) is 0 Å². The minimum Gasteiger partial charge on any atom is -0.456 e. The summed E-state index contributed by atoms with van der Waals surface area (Å²) in [6, 6.07) is -1.06.